The van der Waals surface area contributed by atoms with Gasteiger partial charge in [0.05, 0.1) is 32.3 Å². The van der Waals surface area contributed by atoms with Crippen molar-refractivity contribution < 1.29 is 18.0 Å². The predicted molar refractivity (Wildman–Crippen MR) is 140 cm³/mol. The Kier molecular flexibility index (Phi) is 7.23. The Morgan fingerprint density at radius 2 is 1.68 bits per heavy atom. The van der Waals surface area contributed by atoms with Gasteiger partial charge in [0.1, 0.15) is 0 Å². The number of nitrogens with one attached hydrogen (secondary N) is 1. The molecule has 2 fully saturated rings. The fourth-order valence-corrected chi connectivity index (χ4v) is 6.53. The topological polar surface area (TPSA) is 113 Å². The van der Waals surface area contributed by atoms with E-state index >= 15 is 0 Å². The molecular weight excluding hydrogens is 514 g/mol. The average molecular weight is 540 g/mol. The number of benzene rings is 2. The maximum absolute atomic E-state index is 13.4. The van der Waals surface area contributed by atoms with Gasteiger partial charge in [-0.2, -0.15) is 5.10 Å². The maximum atomic E-state index is 13.4. The Hall–Kier alpha value is -3.34. The summed E-state index contributed by atoms with van der Waals surface area (Å²) >= 11 is 6.16. The summed E-state index contributed by atoms with van der Waals surface area (Å²) in [6.45, 7) is 1.83. The zero-order chi connectivity index (χ0) is 26.0. The second-order valence-electron chi connectivity index (χ2n) is 9.12. The molecule has 2 aliphatic rings. The smallest absolute Gasteiger partial charge is 0.255 e. The quantitative estimate of drug-likeness (QED) is 0.512. The van der Waals surface area contributed by atoms with Crippen LogP contribution < -0.4 is 10.2 Å². The van der Waals surface area contributed by atoms with Crippen LogP contribution in [-0.2, 0) is 14.6 Å². The molecule has 2 amide bonds. The highest BCUT2D eigenvalue weighted by Crippen LogP contribution is 2.30. The predicted octanol–water partition coefficient (Wildman–Crippen LogP) is 3.09. The molecular formula is C26H26ClN5O4S. The number of amides is 2. The Morgan fingerprint density at radius 1 is 0.973 bits per heavy atom. The number of halogens is 1. The molecule has 192 valence electrons. The van der Waals surface area contributed by atoms with Crippen LogP contribution in [0.4, 0.5) is 11.5 Å². The van der Waals surface area contributed by atoms with E-state index in [1.54, 1.807) is 53.4 Å². The number of anilines is 2. The summed E-state index contributed by atoms with van der Waals surface area (Å²) < 4.78 is 26.8. The van der Waals surface area contributed by atoms with E-state index in [4.69, 9.17) is 11.6 Å². The monoisotopic (exact) mass is 539 g/mol. The average Bonchev–Trinajstić information content (AvgIpc) is 2.89. The van der Waals surface area contributed by atoms with E-state index < -0.39 is 15.1 Å². The number of rotatable bonds is 6. The third-order valence-corrected chi connectivity index (χ3v) is 9.44. The molecule has 1 aromatic heterocycles. The standard InChI is InChI=1S/C26H26ClN5O4S/c27-23-5-2-1-4-22(23)26(34)31-14-11-21(12-15-31)37(35,36)20-9-7-19(8-10-20)32(24-6-3-13-29-30-24)25(33)18-16-28-17-18/h1-10,13,18,21,28H,11-12,14-17H2. The minimum atomic E-state index is -3.63. The maximum Gasteiger partial charge on any atom is 0.255 e. The van der Waals surface area contributed by atoms with Crippen molar-refractivity contribution >= 4 is 44.8 Å². The first-order chi connectivity index (χ1) is 17.9. The van der Waals surface area contributed by atoms with Crippen LogP contribution in [0.15, 0.2) is 71.8 Å². The van der Waals surface area contributed by atoms with Crippen molar-refractivity contribution in [2.75, 3.05) is 31.1 Å². The summed E-state index contributed by atoms with van der Waals surface area (Å²) in [5, 5.41) is 10.8. The number of hydrogen-bond acceptors (Lipinski definition) is 7. The third kappa shape index (κ3) is 5.09. The number of sulfone groups is 1. The van der Waals surface area contributed by atoms with Crippen molar-refractivity contribution in [1.29, 1.82) is 0 Å². The van der Waals surface area contributed by atoms with E-state index in [-0.39, 0.29) is 22.6 Å². The van der Waals surface area contributed by atoms with Gasteiger partial charge in [-0.25, -0.2) is 8.42 Å². The molecule has 11 heteroatoms. The lowest BCUT2D eigenvalue weighted by atomic mass is 10.0. The van der Waals surface area contributed by atoms with E-state index in [0.29, 0.717) is 61.1 Å². The Bertz CT molecular complexity index is 1390. The number of carbonyl (C=O) groups is 2. The SMILES string of the molecule is O=C(c1ccccc1Cl)N1CCC(S(=O)(=O)c2ccc(N(C(=O)C3CNC3)c3cccnn3)cc2)CC1. The van der Waals surface area contributed by atoms with Gasteiger partial charge in [0, 0.05) is 32.4 Å². The molecule has 0 bridgehead atoms. The van der Waals surface area contributed by atoms with E-state index in [0.717, 1.165) is 0 Å². The molecule has 0 spiro atoms. The van der Waals surface area contributed by atoms with Crippen LogP contribution in [0.25, 0.3) is 0 Å². The normalized spacial score (nSPS) is 16.7. The van der Waals surface area contributed by atoms with Gasteiger partial charge in [-0.1, -0.05) is 23.7 Å². The third-order valence-electron chi connectivity index (χ3n) is 6.83. The van der Waals surface area contributed by atoms with Gasteiger partial charge in [0.2, 0.25) is 5.91 Å². The molecule has 0 aliphatic carbocycles. The molecule has 37 heavy (non-hydrogen) atoms. The fraction of sp³-hybridized carbons (Fsp3) is 0.308. The van der Waals surface area contributed by atoms with E-state index in [9.17, 15) is 18.0 Å². The minimum Gasteiger partial charge on any atom is -0.339 e. The van der Waals surface area contributed by atoms with Gasteiger partial charge >= 0.3 is 0 Å². The van der Waals surface area contributed by atoms with Gasteiger partial charge in [0.15, 0.2) is 15.7 Å². The summed E-state index contributed by atoms with van der Waals surface area (Å²) in [4.78, 5) is 29.3. The summed E-state index contributed by atoms with van der Waals surface area (Å²) in [7, 11) is -3.63. The molecule has 0 radical (unpaired) electrons. The van der Waals surface area contributed by atoms with Crippen LogP contribution in [0.5, 0.6) is 0 Å². The first-order valence-electron chi connectivity index (χ1n) is 12.1. The molecule has 0 saturated carbocycles. The number of hydrogen-bond donors (Lipinski definition) is 1. The summed E-state index contributed by atoms with van der Waals surface area (Å²) in [5.74, 6) is -0.110. The summed E-state index contributed by atoms with van der Waals surface area (Å²) in [5.41, 5.74) is 0.942. The second-order valence-corrected chi connectivity index (χ2v) is 11.8. The lowest BCUT2D eigenvalue weighted by Crippen LogP contribution is -2.51. The fourth-order valence-electron chi connectivity index (χ4n) is 4.58. The highest BCUT2D eigenvalue weighted by molar-refractivity contribution is 7.92. The number of aromatic nitrogens is 2. The van der Waals surface area contributed by atoms with Crippen molar-refractivity contribution in [1.82, 2.24) is 20.4 Å². The minimum absolute atomic E-state index is 0.120. The number of carbonyl (C=O) groups excluding carboxylic acids is 2. The molecule has 2 aliphatic heterocycles. The van der Waals surface area contributed by atoms with Crippen molar-refractivity contribution in [2.24, 2.45) is 5.92 Å². The van der Waals surface area contributed by atoms with E-state index in [1.165, 1.54) is 23.2 Å². The first kappa shape index (κ1) is 25.3. The lowest BCUT2D eigenvalue weighted by molar-refractivity contribution is -0.123. The Labute approximate surface area is 220 Å². The summed E-state index contributed by atoms with van der Waals surface area (Å²) in [6.07, 6.45) is 2.19. The molecule has 1 N–H and O–H groups in total. The second kappa shape index (κ2) is 10.6. The highest BCUT2D eigenvalue weighted by atomic mass is 35.5. The molecule has 5 rings (SSSR count). The molecule has 2 aromatic carbocycles. The first-order valence-corrected chi connectivity index (χ1v) is 14.0. The van der Waals surface area contributed by atoms with Crippen LogP contribution in [0.2, 0.25) is 5.02 Å². The molecule has 3 heterocycles. The lowest BCUT2D eigenvalue weighted by Gasteiger charge is -2.32. The highest BCUT2D eigenvalue weighted by Gasteiger charge is 2.35. The molecule has 3 aromatic rings. The van der Waals surface area contributed by atoms with Gasteiger partial charge in [-0.15, -0.1) is 5.10 Å². The number of piperidine rings is 1. The van der Waals surface area contributed by atoms with E-state index in [2.05, 4.69) is 15.5 Å². The van der Waals surface area contributed by atoms with Crippen LogP contribution in [0, 0.1) is 5.92 Å². The van der Waals surface area contributed by atoms with Gasteiger partial charge in [0.25, 0.3) is 5.91 Å². The van der Waals surface area contributed by atoms with Crippen molar-refractivity contribution in [3.8, 4) is 0 Å². The van der Waals surface area contributed by atoms with Crippen LogP contribution >= 0.6 is 11.6 Å². The number of likely N-dealkylation sites (tertiary alicyclic amines) is 1. The van der Waals surface area contributed by atoms with Gasteiger partial charge in [-0.05, 0) is 61.4 Å². The van der Waals surface area contributed by atoms with Crippen LogP contribution in [0.1, 0.15) is 23.2 Å². The van der Waals surface area contributed by atoms with Crippen molar-refractivity contribution in [2.45, 2.75) is 23.0 Å². The van der Waals surface area contributed by atoms with Crippen molar-refractivity contribution in [3.63, 3.8) is 0 Å². The summed E-state index contributed by atoms with van der Waals surface area (Å²) in [6, 6.07) is 16.6. The van der Waals surface area contributed by atoms with Crippen LogP contribution in [-0.4, -0.2) is 66.8 Å². The van der Waals surface area contributed by atoms with Gasteiger partial charge in [-0.3, -0.25) is 14.5 Å². The van der Waals surface area contributed by atoms with Crippen LogP contribution in [0.3, 0.4) is 0 Å². The zero-order valence-corrected chi connectivity index (χ0v) is 21.5. The Balaban J connectivity index is 1.31. The Morgan fingerprint density at radius 3 is 2.27 bits per heavy atom. The molecule has 0 unspecified atom stereocenters. The molecule has 0 atom stereocenters. The zero-order valence-electron chi connectivity index (χ0n) is 20.0. The molecule has 2 saturated heterocycles. The number of nitrogens with zero attached hydrogens (tertiary/aromatic N) is 4. The van der Waals surface area contributed by atoms with Gasteiger partial charge < -0.3 is 10.2 Å². The largest absolute Gasteiger partial charge is 0.339 e. The van der Waals surface area contributed by atoms with E-state index in [1.807, 2.05) is 0 Å². The molecule has 9 nitrogen and oxygen atoms in total. The van der Waals surface area contributed by atoms with Crippen molar-refractivity contribution in [3.05, 3.63) is 77.4 Å².